The SMILES string of the molecule is Cc1nc(C)n(CC(=O)N2CCN(c3sc(C(F)(F)F)nc3-c3nc4ccc(-c5noc(C)n5)cc4[nH]3)CC2C)n1. The van der Waals surface area contributed by atoms with Gasteiger partial charge in [0.05, 0.1) is 11.0 Å². The number of piperazine rings is 1. The van der Waals surface area contributed by atoms with Gasteiger partial charge in [0.2, 0.25) is 22.6 Å². The Balaban J connectivity index is 1.28. The van der Waals surface area contributed by atoms with E-state index >= 15 is 0 Å². The first kappa shape index (κ1) is 26.9. The van der Waals surface area contributed by atoms with Crippen molar-refractivity contribution in [2.75, 3.05) is 24.5 Å². The van der Waals surface area contributed by atoms with Crippen LogP contribution in [0.25, 0.3) is 33.9 Å². The largest absolute Gasteiger partial charge is 0.443 e. The molecule has 1 unspecified atom stereocenters. The second-order valence-electron chi connectivity index (χ2n) is 9.87. The van der Waals surface area contributed by atoms with Gasteiger partial charge in [-0.15, -0.1) is 0 Å². The number of hydrogen-bond acceptors (Lipinski definition) is 10. The first-order valence-electron chi connectivity index (χ1n) is 12.8. The van der Waals surface area contributed by atoms with Crippen LogP contribution >= 0.6 is 11.3 Å². The van der Waals surface area contributed by atoms with E-state index in [9.17, 15) is 18.0 Å². The summed E-state index contributed by atoms with van der Waals surface area (Å²) in [5.41, 5.74) is 1.93. The summed E-state index contributed by atoms with van der Waals surface area (Å²) in [7, 11) is 0. The summed E-state index contributed by atoms with van der Waals surface area (Å²) in [4.78, 5) is 36.7. The Morgan fingerprint density at radius 3 is 2.61 bits per heavy atom. The van der Waals surface area contributed by atoms with Gasteiger partial charge in [-0.25, -0.2) is 19.6 Å². The molecular formula is C25H25F3N10O2S. The van der Waals surface area contributed by atoms with Crippen LogP contribution in [0.1, 0.15) is 29.5 Å². The van der Waals surface area contributed by atoms with Crippen LogP contribution in [0.15, 0.2) is 22.7 Å². The number of imidazole rings is 1. The van der Waals surface area contributed by atoms with Crippen molar-refractivity contribution in [3.05, 3.63) is 40.7 Å². The monoisotopic (exact) mass is 586 g/mol. The molecule has 0 radical (unpaired) electrons. The van der Waals surface area contributed by atoms with Gasteiger partial charge < -0.3 is 19.3 Å². The number of aromatic amines is 1. The molecule has 1 fully saturated rings. The Labute approximate surface area is 235 Å². The number of aryl methyl sites for hydroxylation is 3. The van der Waals surface area contributed by atoms with Crippen molar-refractivity contribution in [1.29, 1.82) is 0 Å². The lowest BCUT2D eigenvalue weighted by Crippen LogP contribution is -2.54. The third kappa shape index (κ3) is 5.14. The number of carbonyl (C=O) groups is 1. The van der Waals surface area contributed by atoms with Gasteiger partial charge in [-0.3, -0.25) is 4.79 Å². The minimum absolute atomic E-state index is 0.0471. The number of aromatic nitrogens is 8. The highest BCUT2D eigenvalue weighted by atomic mass is 32.1. The van der Waals surface area contributed by atoms with Crippen LogP contribution in [-0.2, 0) is 17.5 Å². The number of amides is 1. The molecule has 4 aromatic heterocycles. The molecule has 41 heavy (non-hydrogen) atoms. The van der Waals surface area contributed by atoms with Gasteiger partial charge in [0.25, 0.3) is 0 Å². The summed E-state index contributed by atoms with van der Waals surface area (Å²) in [6.45, 7) is 8.13. The van der Waals surface area contributed by atoms with Gasteiger partial charge >= 0.3 is 6.18 Å². The van der Waals surface area contributed by atoms with E-state index in [-0.39, 0.29) is 30.0 Å². The number of fused-ring (bicyclic) bond motifs is 1. The molecule has 1 N–H and O–H groups in total. The lowest BCUT2D eigenvalue weighted by atomic mass is 10.2. The second kappa shape index (κ2) is 9.94. The Morgan fingerprint density at radius 2 is 1.95 bits per heavy atom. The number of nitrogens with zero attached hydrogens (tertiary/aromatic N) is 9. The normalized spacial score (nSPS) is 16.2. The number of anilines is 1. The quantitative estimate of drug-likeness (QED) is 0.324. The van der Waals surface area contributed by atoms with Crippen molar-refractivity contribution in [3.63, 3.8) is 0 Å². The molecule has 1 amide bonds. The molecular weight excluding hydrogens is 561 g/mol. The summed E-state index contributed by atoms with van der Waals surface area (Å²) in [6, 6.07) is 5.00. The number of nitrogens with one attached hydrogen (secondary N) is 1. The Kier molecular flexibility index (Phi) is 6.51. The van der Waals surface area contributed by atoms with E-state index < -0.39 is 11.2 Å². The first-order valence-corrected chi connectivity index (χ1v) is 13.6. The maximum absolute atomic E-state index is 13.8. The summed E-state index contributed by atoms with van der Waals surface area (Å²) < 4.78 is 48.0. The predicted octanol–water partition coefficient (Wildman–Crippen LogP) is 4.01. The molecule has 16 heteroatoms. The fourth-order valence-electron chi connectivity index (χ4n) is 4.92. The first-order chi connectivity index (χ1) is 19.5. The van der Waals surface area contributed by atoms with Crippen molar-refractivity contribution in [1.82, 2.24) is 44.8 Å². The smallest absolute Gasteiger partial charge is 0.358 e. The minimum atomic E-state index is -4.62. The van der Waals surface area contributed by atoms with Gasteiger partial charge in [-0.2, -0.15) is 23.3 Å². The molecule has 5 heterocycles. The van der Waals surface area contributed by atoms with Crippen LogP contribution in [0.3, 0.4) is 0 Å². The van der Waals surface area contributed by atoms with E-state index in [1.54, 1.807) is 48.6 Å². The third-order valence-electron chi connectivity index (χ3n) is 6.83. The third-order valence-corrected chi connectivity index (χ3v) is 7.99. The van der Waals surface area contributed by atoms with Gasteiger partial charge in [0.1, 0.15) is 28.9 Å². The molecule has 214 valence electrons. The maximum Gasteiger partial charge on any atom is 0.443 e. The zero-order valence-corrected chi connectivity index (χ0v) is 23.3. The van der Waals surface area contributed by atoms with Crippen LogP contribution in [0.5, 0.6) is 0 Å². The lowest BCUT2D eigenvalue weighted by molar-refractivity contribution is -0.137. The van der Waals surface area contributed by atoms with Gasteiger partial charge in [-0.1, -0.05) is 16.5 Å². The number of thiazole rings is 1. The van der Waals surface area contributed by atoms with Crippen molar-refractivity contribution in [3.8, 4) is 22.9 Å². The van der Waals surface area contributed by atoms with Gasteiger partial charge in [-0.05, 0) is 39.0 Å². The van der Waals surface area contributed by atoms with E-state index in [0.717, 1.165) is 0 Å². The van der Waals surface area contributed by atoms with E-state index in [1.165, 1.54) is 0 Å². The molecule has 5 aromatic rings. The fourth-order valence-corrected chi connectivity index (χ4v) is 5.89. The molecule has 6 rings (SSSR count). The zero-order valence-electron chi connectivity index (χ0n) is 22.5. The molecule has 0 bridgehead atoms. The van der Waals surface area contributed by atoms with Crippen LogP contribution in [-0.4, -0.2) is 76.3 Å². The van der Waals surface area contributed by atoms with Crippen molar-refractivity contribution >= 4 is 33.3 Å². The summed E-state index contributed by atoms with van der Waals surface area (Å²) in [6.07, 6.45) is -4.62. The minimum Gasteiger partial charge on any atom is -0.358 e. The summed E-state index contributed by atoms with van der Waals surface area (Å²) in [5, 5.41) is 7.55. The number of carbonyl (C=O) groups excluding carboxylic acids is 1. The molecule has 1 aliphatic heterocycles. The highest BCUT2D eigenvalue weighted by Crippen LogP contribution is 2.43. The highest BCUT2D eigenvalue weighted by Gasteiger charge is 2.39. The number of rotatable bonds is 5. The van der Waals surface area contributed by atoms with E-state index in [0.29, 0.717) is 75.9 Å². The van der Waals surface area contributed by atoms with Crippen LogP contribution in [0.2, 0.25) is 0 Å². The fraction of sp³-hybridized carbons (Fsp3) is 0.400. The standard InChI is InChI=1S/C25H25F3N10O2S/c1-12-10-36(7-8-37(12)19(39)11-38-14(3)29-13(2)34-38)23-20(33-24(41-23)25(26,27)28)22-31-17-6-5-16(9-18(17)32-22)21-30-15(4)40-35-21/h5-6,9,12H,7-8,10-11H2,1-4H3,(H,31,32). The van der Waals surface area contributed by atoms with Crippen LogP contribution in [0, 0.1) is 20.8 Å². The average molecular weight is 587 g/mol. The number of alkyl halides is 3. The molecule has 1 saturated heterocycles. The lowest BCUT2D eigenvalue weighted by Gasteiger charge is -2.40. The van der Waals surface area contributed by atoms with Crippen LogP contribution in [0.4, 0.5) is 18.2 Å². The van der Waals surface area contributed by atoms with Crippen molar-refractivity contribution < 1.29 is 22.5 Å². The number of hydrogen-bond donors (Lipinski definition) is 1. The van der Waals surface area contributed by atoms with E-state index in [4.69, 9.17) is 4.52 Å². The topological polar surface area (TPSA) is 135 Å². The second-order valence-corrected chi connectivity index (χ2v) is 10.8. The summed E-state index contributed by atoms with van der Waals surface area (Å²) in [5.74, 6) is 2.11. The number of H-pyrrole nitrogens is 1. The Bertz CT molecular complexity index is 1750. The maximum atomic E-state index is 13.8. The summed E-state index contributed by atoms with van der Waals surface area (Å²) >= 11 is 0.571. The van der Waals surface area contributed by atoms with Crippen molar-refractivity contribution in [2.45, 2.75) is 46.5 Å². The van der Waals surface area contributed by atoms with Crippen LogP contribution < -0.4 is 4.90 Å². The average Bonchev–Trinajstić information content (AvgIpc) is 3.69. The Morgan fingerprint density at radius 1 is 1.15 bits per heavy atom. The molecule has 0 saturated carbocycles. The number of benzene rings is 1. The van der Waals surface area contributed by atoms with E-state index in [2.05, 4.69) is 35.2 Å². The van der Waals surface area contributed by atoms with Gasteiger partial charge in [0.15, 0.2) is 5.82 Å². The molecule has 1 atom stereocenters. The van der Waals surface area contributed by atoms with E-state index in [1.807, 2.05) is 11.8 Å². The van der Waals surface area contributed by atoms with Gasteiger partial charge in [0, 0.05) is 38.2 Å². The zero-order chi connectivity index (χ0) is 29.1. The molecule has 12 nitrogen and oxygen atoms in total. The molecule has 1 aliphatic rings. The Hall–Kier alpha value is -4.34. The molecule has 1 aromatic carbocycles. The highest BCUT2D eigenvalue weighted by molar-refractivity contribution is 7.16. The molecule has 0 aliphatic carbocycles. The predicted molar refractivity (Wildman–Crippen MR) is 143 cm³/mol. The number of halogens is 3. The molecule has 0 spiro atoms. The van der Waals surface area contributed by atoms with Crippen molar-refractivity contribution in [2.24, 2.45) is 0 Å².